The maximum atomic E-state index is 13.2. The van der Waals surface area contributed by atoms with Crippen LogP contribution in [0.15, 0.2) is 134 Å². The van der Waals surface area contributed by atoms with Crippen LogP contribution in [0.5, 0.6) is 0 Å². The van der Waals surface area contributed by atoms with E-state index in [2.05, 4.69) is 141 Å². The Kier molecular flexibility index (Phi) is 44.0. The number of nitrogens with one attached hydrogen (secondary N) is 1. The van der Waals surface area contributed by atoms with Crippen LogP contribution in [-0.4, -0.2) is 140 Å². The van der Waals surface area contributed by atoms with Crippen LogP contribution in [0.4, 0.5) is 0 Å². The van der Waals surface area contributed by atoms with Gasteiger partial charge in [-0.1, -0.05) is 205 Å². The van der Waals surface area contributed by atoms with E-state index in [9.17, 15) is 45.6 Å². The third-order valence-corrected chi connectivity index (χ3v) is 13.6. The van der Waals surface area contributed by atoms with Crippen molar-refractivity contribution in [2.75, 3.05) is 19.8 Å². The van der Waals surface area contributed by atoms with Gasteiger partial charge in [0.2, 0.25) is 5.91 Å². The predicted octanol–water partition coefficient (Wildman–Crippen LogP) is 10.4. The molecule has 12 unspecified atom stereocenters. The monoisotopic (exact) mass is 1110 g/mol. The van der Waals surface area contributed by atoms with E-state index in [0.29, 0.717) is 12.8 Å². The lowest BCUT2D eigenvalue weighted by atomic mass is 9.97. The van der Waals surface area contributed by atoms with E-state index in [1.54, 1.807) is 6.08 Å². The number of carbonyl (C=O) groups excluding carboxylic acids is 1. The second kappa shape index (κ2) is 48.8. The average molecular weight is 1110 g/mol. The van der Waals surface area contributed by atoms with Crippen molar-refractivity contribution in [2.45, 2.75) is 248 Å². The normalized spacial score (nSPS) is 25.4. The first-order valence-corrected chi connectivity index (χ1v) is 29.9. The zero-order valence-electron chi connectivity index (χ0n) is 48.0. The summed E-state index contributed by atoms with van der Waals surface area (Å²) in [6, 6.07) is -0.941. The van der Waals surface area contributed by atoms with Gasteiger partial charge in [0.05, 0.1) is 32.0 Å². The van der Waals surface area contributed by atoms with E-state index in [-0.39, 0.29) is 18.9 Å². The van der Waals surface area contributed by atoms with Crippen LogP contribution >= 0.6 is 0 Å². The topological polar surface area (TPSA) is 228 Å². The fraction of sp³-hybridized carbons (Fsp3) is 0.646. The molecular weight excluding hydrogens is 1000 g/mol. The summed E-state index contributed by atoms with van der Waals surface area (Å²) >= 11 is 0. The number of allylic oxidation sites excluding steroid dienone is 21. The molecule has 0 aromatic carbocycles. The Morgan fingerprint density at radius 1 is 0.468 bits per heavy atom. The molecule has 2 aliphatic heterocycles. The van der Waals surface area contributed by atoms with Gasteiger partial charge in [-0.15, -0.1) is 0 Å². The van der Waals surface area contributed by atoms with Crippen molar-refractivity contribution < 1.29 is 64.6 Å². The van der Waals surface area contributed by atoms with Crippen molar-refractivity contribution in [1.82, 2.24) is 5.32 Å². The standard InChI is InChI=1S/C65H105NO13/c1-3-5-7-9-11-13-14-15-16-17-18-19-20-21-22-23-24-25-26-27-28-29-30-31-32-33-34-35-36-37-38-39-40-41-43-45-47-49-57(70)66-53(54(69)48-46-44-42-12-10-8-6-4-2)52-76-64-62(75)60(73)63(56(51-68)78-64)79-65-61(74)59(72)58(71)55(50-67)77-65/h5,7,10-13,15-16,18-19,21-22,24-25,27-28,30-31,33-34,46,48,53-56,58-65,67-69,71-75H,3-4,6,8-9,14,17,20,23,26,29,32,35-45,47,49-52H2,1-2H3,(H,66,70)/b7-5-,12-10+,13-11-,16-15-,19-18-,22-21-,25-24-,28-27-,31-30-,34-33-,48-46+. The van der Waals surface area contributed by atoms with Crippen molar-refractivity contribution in [2.24, 2.45) is 0 Å². The lowest BCUT2D eigenvalue weighted by molar-refractivity contribution is -0.359. The molecule has 2 fully saturated rings. The minimum atomic E-state index is -1.80. The third kappa shape index (κ3) is 34.2. The Morgan fingerprint density at radius 2 is 0.886 bits per heavy atom. The summed E-state index contributed by atoms with van der Waals surface area (Å²) < 4.78 is 22.6. The Morgan fingerprint density at radius 3 is 1.39 bits per heavy atom. The molecule has 0 radical (unpaired) electrons. The van der Waals surface area contributed by atoms with Crippen LogP contribution in [-0.2, 0) is 23.7 Å². The van der Waals surface area contributed by atoms with Crippen LogP contribution in [0.25, 0.3) is 0 Å². The van der Waals surface area contributed by atoms with Gasteiger partial charge in [-0.25, -0.2) is 0 Å². The fourth-order valence-electron chi connectivity index (χ4n) is 8.75. The lowest BCUT2D eigenvalue weighted by Crippen LogP contribution is -2.65. The number of hydrogen-bond donors (Lipinski definition) is 9. The van der Waals surface area contributed by atoms with Gasteiger partial charge in [0.15, 0.2) is 12.6 Å². The Bertz CT molecular complexity index is 1830. The van der Waals surface area contributed by atoms with Gasteiger partial charge in [-0.2, -0.15) is 0 Å². The fourth-order valence-corrected chi connectivity index (χ4v) is 8.75. The van der Waals surface area contributed by atoms with Crippen molar-refractivity contribution in [3.63, 3.8) is 0 Å². The van der Waals surface area contributed by atoms with E-state index >= 15 is 0 Å². The molecule has 0 spiro atoms. The molecule has 448 valence electrons. The molecule has 14 heteroatoms. The number of unbranched alkanes of at least 4 members (excludes halogenated alkanes) is 12. The molecule has 0 saturated carbocycles. The molecule has 2 saturated heterocycles. The molecule has 0 aliphatic carbocycles. The maximum Gasteiger partial charge on any atom is 0.220 e. The zero-order valence-corrected chi connectivity index (χ0v) is 48.0. The average Bonchev–Trinajstić information content (AvgIpc) is 3.47. The molecule has 0 aromatic rings. The Hall–Kier alpha value is -3.87. The summed E-state index contributed by atoms with van der Waals surface area (Å²) in [5.74, 6) is -0.267. The van der Waals surface area contributed by atoms with Gasteiger partial charge < -0.3 is 65.1 Å². The van der Waals surface area contributed by atoms with E-state index in [4.69, 9.17) is 18.9 Å². The van der Waals surface area contributed by atoms with E-state index in [1.807, 2.05) is 6.08 Å². The molecule has 79 heavy (non-hydrogen) atoms. The highest BCUT2D eigenvalue weighted by Crippen LogP contribution is 2.30. The second-order valence-electron chi connectivity index (χ2n) is 20.4. The molecule has 14 nitrogen and oxygen atoms in total. The van der Waals surface area contributed by atoms with Gasteiger partial charge in [0.1, 0.15) is 48.8 Å². The number of amides is 1. The maximum absolute atomic E-state index is 13.2. The van der Waals surface area contributed by atoms with Crippen LogP contribution in [0.3, 0.4) is 0 Å². The first-order valence-electron chi connectivity index (χ1n) is 29.9. The molecule has 9 N–H and O–H groups in total. The van der Waals surface area contributed by atoms with Crippen LogP contribution in [0, 0.1) is 0 Å². The van der Waals surface area contributed by atoms with Gasteiger partial charge in [0, 0.05) is 6.42 Å². The lowest BCUT2D eigenvalue weighted by Gasteiger charge is -2.46. The second-order valence-corrected chi connectivity index (χ2v) is 20.4. The summed E-state index contributed by atoms with van der Waals surface area (Å²) in [4.78, 5) is 13.2. The van der Waals surface area contributed by atoms with Crippen molar-refractivity contribution in [3.05, 3.63) is 134 Å². The number of aliphatic hydroxyl groups excluding tert-OH is 8. The van der Waals surface area contributed by atoms with E-state index in [0.717, 1.165) is 116 Å². The molecule has 2 rings (SSSR count). The largest absolute Gasteiger partial charge is 0.394 e. The first-order chi connectivity index (χ1) is 38.6. The van der Waals surface area contributed by atoms with Gasteiger partial charge in [-0.05, 0) is 96.3 Å². The Balaban J connectivity index is 1.61. The van der Waals surface area contributed by atoms with Crippen molar-refractivity contribution in [3.8, 4) is 0 Å². The van der Waals surface area contributed by atoms with Gasteiger partial charge in [-0.3, -0.25) is 4.79 Å². The molecular formula is C65H105NO13. The first kappa shape index (κ1) is 71.2. The number of hydrogen-bond acceptors (Lipinski definition) is 13. The minimum absolute atomic E-state index is 0.256. The minimum Gasteiger partial charge on any atom is -0.394 e. The predicted molar refractivity (Wildman–Crippen MR) is 318 cm³/mol. The van der Waals surface area contributed by atoms with Crippen LogP contribution in [0.1, 0.15) is 174 Å². The highest BCUT2D eigenvalue weighted by Gasteiger charge is 2.51. The Labute approximate surface area is 475 Å². The summed E-state index contributed by atoms with van der Waals surface area (Å²) in [7, 11) is 0. The van der Waals surface area contributed by atoms with Gasteiger partial charge in [0.25, 0.3) is 0 Å². The van der Waals surface area contributed by atoms with Crippen LogP contribution in [0.2, 0.25) is 0 Å². The molecule has 2 heterocycles. The molecule has 2 aliphatic rings. The quantitative estimate of drug-likeness (QED) is 0.0205. The summed E-state index contributed by atoms with van der Waals surface area (Å²) in [6.07, 6.45) is 55.4. The highest BCUT2D eigenvalue weighted by molar-refractivity contribution is 5.76. The van der Waals surface area contributed by atoms with E-state index in [1.165, 1.54) is 25.7 Å². The molecule has 0 aromatic heterocycles. The molecule has 12 atom stereocenters. The van der Waals surface area contributed by atoms with E-state index < -0.39 is 86.8 Å². The molecule has 1 amide bonds. The summed E-state index contributed by atoms with van der Waals surface area (Å²) in [6.45, 7) is 2.54. The van der Waals surface area contributed by atoms with Crippen LogP contribution < -0.4 is 5.32 Å². The number of rotatable bonds is 45. The summed E-state index contributed by atoms with van der Waals surface area (Å²) in [5.41, 5.74) is 0. The molecule has 0 bridgehead atoms. The number of aliphatic hydroxyl groups is 8. The summed E-state index contributed by atoms with van der Waals surface area (Å²) in [5, 5.41) is 86.6. The van der Waals surface area contributed by atoms with Crippen molar-refractivity contribution >= 4 is 5.91 Å². The van der Waals surface area contributed by atoms with Gasteiger partial charge >= 0.3 is 0 Å². The highest BCUT2D eigenvalue weighted by atomic mass is 16.7. The zero-order chi connectivity index (χ0) is 57.4. The SMILES string of the molecule is CC/C=C\C/C=C\C/C=C\C/C=C\C/C=C\C/C=C\C/C=C\C/C=C\C/C=C\CCCCCCCCCCCC(=O)NC(COC1OC(CO)C(OC2OC(CO)C(O)C(O)C2O)C(O)C1O)C(O)/C=C/CC/C=C/CCCC. The third-order valence-electron chi connectivity index (χ3n) is 13.6. The smallest absolute Gasteiger partial charge is 0.220 e. The van der Waals surface area contributed by atoms with Crippen molar-refractivity contribution in [1.29, 1.82) is 0 Å². The number of ether oxygens (including phenoxy) is 4. The number of carbonyl (C=O) groups is 1.